The second-order valence-corrected chi connectivity index (χ2v) is 6.69. The fourth-order valence-corrected chi connectivity index (χ4v) is 3.74. The van der Waals surface area contributed by atoms with Gasteiger partial charge in [-0.2, -0.15) is 0 Å². The lowest BCUT2D eigenvalue weighted by molar-refractivity contribution is 0.0728. The molecule has 1 atom stereocenters. The van der Waals surface area contributed by atoms with Crippen LogP contribution in [0, 0.1) is 16.7 Å². The maximum absolute atomic E-state index is 11.2. The Morgan fingerprint density at radius 3 is 2.41 bits per heavy atom. The van der Waals surface area contributed by atoms with E-state index in [0.29, 0.717) is 12.5 Å². The Morgan fingerprint density at radius 2 is 1.94 bits per heavy atom. The number of hydrogen-bond acceptors (Lipinski definition) is 2. The summed E-state index contributed by atoms with van der Waals surface area (Å²) in [6, 6.07) is 0. The molecule has 2 aliphatic heterocycles. The molecule has 2 fully saturated rings. The quantitative estimate of drug-likeness (QED) is 0.681. The number of likely N-dealkylation sites (tertiary alicyclic amines) is 1. The summed E-state index contributed by atoms with van der Waals surface area (Å²) in [6.07, 6.45) is 1.46. The Kier molecular flexibility index (Phi) is 3.10. The summed E-state index contributed by atoms with van der Waals surface area (Å²) in [7, 11) is 0. The van der Waals surface area contributed by atoms with Gasteiger partial charge in [0.25, 0.3) is 0 Å². The molecule has 2 aliphatic rings. The molecule has 17 heavy (non-hydrogen) atoms. The van der Waals surface area contributed by atoms with E-state index in [2.05, 4.69) is 26.1 Å². The Bertz CT molecular complexity index is 303. The average molecular weight is 240 g/mol. The first-order valence-electron chi connectivity index (χ1n) is 6.54. The van der Waals surface area contributed by atoms with Crippen molar-refractivity contribution in [1.29, 1.82) is 0 Å². The number of nitrogens with one attached hydrogen (secondary N) is 1. The van der Waals surface area contributed by atoms with Crippen molar-refractivity contribution in [2.45, 2.75) is 33.6 Å². The van der Waals surface area contributed by atoms with Crippen molar-refractivity contribution in [2.24, 2.45) is 16.7 Å². The summed E-state index contributed by atoms with van der Waals surface area (Å²) in [5, 5.41) is 12.6. The molecule has 2 heterocycles. The van der Waals surface area contributed by atoms with Crippen LogP contribution in [0.3, 0.4) is 0 Å². The lowest BCUT2D eigenvalue weighted by Crippen LogP contribution is -2.45. The van der Waals surface area contributed by atoms with Gasteiger partial charge in [0, 0.05) is 13.1 Å². The maximum atomic E-state index is 11.2. The van der Waals surface area contributed by atoms with Crippen molar-refractivity contribution in [3.63, 3.8) is 0 Å². The number of rotatable bonds is 0. The highest BCUT2D eigenvalue weighted by Gasteiger charge is 2.52. The number of amides is 1. The van der Waals surface area contributed by atoms with Crippen LogP contribution in [-0.4, -0.2) is 42.3 Å². The molecule has 4 heteroatoms. The molecule has 1 spiro atoms. The minimum atomic E-state index is -0.755. The highest BCUT2D eigenvalue weighted by atomic mass is 16.4. The van der Waals surface area contributed by atoms with Crippen LogP contribution in [0.25, 0.3) is 0 Å². The Hall–Kier alpha value is -0.770. The first-order valence-corrected chi connectivity index (χ1v) is 6.54. The lowest BCUT2D eigenvalue weighted by Gasteiger charge is -2.44. The van der Waals surface area contributed by atoms with Crippen molar-refractivity contribution < 1.29 is 9.90 Å². The topological polar surface area (TPSA) is 52.6 Å². The zero-order valence-corrected chi connectivity index (χ0v) is 11.1. The van der Waals surface area contributed by atoms with Gasteiger partial charge in [-0.25, -0.2) is 4.79 Å². The van der Waals surface area contributed by atoms with Crippen molar-refractivity contribution >= 4 is 6.09 Å². The summed E-state index contributed by atoms with van der Waals surface area (Å²) < 4.78 is 0. The van der Waals surface area contributed by atoms with Crippen LogP contribution in [0.1, 0.15) is 33.6 Å². The third-order valence-corrected chi connectivity index (χ3v) is 4.56. The van der Waals surface area contributed by atoms with E-state index >= 15 is 0 Å². The predicted octanol–water partition coefficient (Wildman–Crippen LogP) is 2.01. The molecule has 0 aromatic heterocycles. The van der Waals surface area contributed by atoms with Gasteiger partial charge < -0.3 is 15.3 Å². The Labute approximate surface area is 103 Å². The van der Waals surface area contributed by atoms with Crippen LogP contribution < -0.4 is 5.32 Å². The molecule has 2 N–H and O–H groups in total. The molecule has 1 unspecified atom stereocenters. The van der Waals surface area contributed by atoms with E-state index < -0.39 is 6.09 Å². The Balaban J connectivity index is 2.24. The molecule has 0 aromatic rings. The van der Waals surface area contributed by atoms with E-state index in [0.717, 1.165) is 32.5 Å². The predicted molar refractivity (Wildman–Crippen MR) is 67.1 cm³/mol. The molecule has 4 nitrogen and oxygen atoms in total. The van der Waals surface area contributed by atoms with Crippen molar-refractivity contribution in [2.75, 3.05) is 26.2 Å². The molecular formula is C13H24N2O2. The molecule has 0 saturated carbocycles. The summed E-state index contributed by atoms with van der Waals surface area (Å²) in [6.45, 7) is 10.2. The van der Waals surface area contributed by atoms with Gasteiger partial charge in [0.2, 0.25) is 0 Å². The van der Waals surface area contributed by atoms with E-state index in [1.54, 1.807) is 4.90 Å². The van der Waals surface area contributed by atoms with Gasteiger partial charge in [-0.05, 0) is 42.7 Å². The van der Waals surface area contributed by atoms with Crippen molar-refractivity contribution in [1.82, 2.24) is 10.2 Å². The third-order valence-electron chi connectivity index (χ3n) is 4.56. The van der Waals surface area contributed by atoms with E-state index in [-0.39, 0.29) is 10.8 Å². The minimum Gasteiger partial charge on any atom is -0.465 e. The lowest BCUT2D eigenvalue weighted by atomic mass is 9.62. The van der Waals surface area contributed by atoms with E-state index in [4.69, 9.17) is 0 Å². The van der Waals surface area contributed by atoms with Gasteiger partial charge in [-0.3, -0.25) is 0 Å². The van der Waals surface area contributed by atoms with Gasteiger partial charge in [0.15, 0.2) is 0 Å². The highest BCUT2D eigenvalue weighted by molar-refractivity contribution is 5.65. The fraction of sp³-hybridized carbons (Fsp3) is 0.923. The molecule has 1 amide bonds. The number of hydrogen-bond donors (Lipinski definition) is 2. The van der Waals surface area contributed by atoms with Crippen molar-refractivity contribution in [3.05, 3.63) is 0 Å². The second-order valence-electron chi connectivity index (χ2n) is 6.69. The highest BCUT2D eigenvalue weighted by Crippen LogP contribution is 2.50. The maximum Gasteiger partial charge on any atom is 0.407 e. The molecule has 2 saturated heterocycles. The molecule has 2 rings (SSSR count). The molecule has 98 valence electrons. The first kappa shape index (κ1) is 12.7. The van der Waals surface area contributed by atoms with E-state index in [9.17, 15) is 9.90 Å². The van der Waals surface area contributed by atoms with Gasteiger partial charge in [-0.15, -0.1) is 0 Å². The SMILES string of the molecule is CC(C)(C)C1CN(C(=O)O)CC12CCNCC2. The normalized spacial score (nSPS) is 28.6. The van der Waals surface area contributed by atoms with Crippen LogP contribution in [0.15, 0.2) is 0 Å². The number of carbonyl (C=O) groups is 1. The summed E-state index contributed by atoms with van der Waals surface area (Å²) in [4.78, 5) is 12.8. The fourth-order valence-electron chi connectivity index (χ4n) is 3.74. The van der Waals surface area contributed by atoms with E-state index in [1.807, 2.05) is 0 Å². The van der Waals surface area contributed by atoms with Crippen molar-refractivity contribution in [3.8, 4) is 0 Å². The van der Waals surface area contributed by atoms with Crippen LogP contribution >= 0.6 is 0 Å². The minimum absolute atomic E-state index is 0.182. The average Bonchev–Trinajstić information content (AvgIpc) is 2.58. The first-order chi connectivity index (χ1) is 7.85. The Morgan fingerprint density at radius 1 is 1.35 bits per heavy atom. The largest absolute Gasteiger partial charge is 0.465 e. The number of carboxylic acid groups (broad SMARTS) is 1. The van der Waals surface area contributed by atoms with Crippen LogP contribution in [-0.2, 0) is 0 Å². The van der Waals surface area contributed by atoms with Gasteiger partial charge in [0.1, 0.15) is 0 Å². The molecule has 0 aliphatic carbocycles. The zero-order valence-electron chi connectivity index (χ0n) is 11.1. The summed E-state index contributed by atoms with van der Waals surface area (Å²) >= 11 is 0. The molecular weight excluding hydrogens is 216 g/mol. The number of piperidine rings is 1. The van der Waals surface area contributed by atoms with Gasteiger partial charge in [-0.1, -0.05) is 20.8 Å². The molecule has 0 bridgehead atoms. The standard InChI is InChI=1S/C13H24N2O2/c1-12(2,3)10-8-15(11(16)17)9-13(10)4-6-14-7-5-13/h10,14H,4-9H2,1-3H3,(H,16,17). The van der Waals surface area contributed by atoms with Gasteiger partial charge in [0.05, 0.1) is 0 Å². The monoisotopic (exact) mass is 240 g/mol. The summed E-state index contributed by atoms with van der Waals surface area (Å²) in [5.41, 5.74) is 0.392. The van der Waals surface area contributed by atoms with E-state index in [1.165, 1.54) is 0 Å². The van der Waals surface area contributed by atoms with Crippen LogP contribution in [0.2, 0.25) is 0 Å². The van der Waals surface area contributed by atoms with Crippen LogP contribution in [0.4, 0.5) is 4.79 Å². The van der Waals surface area contributed by atoms with Crippen LogP contribution in [0.5, 0.6) is 0 Å². The molecule has 0 radical (unpaired) electrons. The third kappa shape index (κ3) is 2.28. The zero-order chi connectivity index (χ0) is 12.7. The van der Waals surface area contributed by atoms with Gasteiger partial charge >= 0.3 is 6.09 Å². The second kappa shape index (κ2) is 4.16. The number of nitrogens with zero attached hydrogens (tertiary/aromatic N) is 1. The molecule has 0 aromatic carbocycles. The summed E-state index contributed by atoms with van der Waals surface area (Å²) in [5.74, 6) is 0.480. The smallest absolute Gasteiger partial charge is 0.407 e.